The van der Waals surface area contributed by atoms with Gasteiger partial charge in [0, 0.05) is 48.9 Å². The number of nitrogens with zero attached hydrogens (tertiary/aromatic N) is 2. The number of rotatable bonds is 21. The first-order valence-electron chi connectivity index (χ1n) is 20.5. The van der Waals surface area contributed by atoms with Gasteiger partial charge in [0.25, 0.3) is 0 Å². The van der Waals surface area contributed by atoms with Crippen molar-refractivity contribution in [1.29, 1.82) is 0 Å². The number of hydrogen-bond acceptors (Lipinski definition) is 8. The highest BCUT2D eigenvalue weighted by molar-refractivity contribution is 6.03. The highest BCUT2D eigenvalue weighted by Crippen LogP contribution is 2.62. The van der Waals surface area contributed by atoms with E-state index in [1.165, 1.54) is 0 Å². The summed E-state index contributed by atoms with van der Waals surface area (Å²) >= 11 is 0. The minimum Gasteiger partial charge on any atom is -0.490 e. The van der Waals surface area contributed by atoms with Crippen molar-refractivity contribution in [3.63, 3.8) is 0 Å². The van der Waals surface area contributed by atoms with Crippen LogP contribution in [0.15, 0.2) is 90.6 Å². The Hall–Kier alpha value is -4.58. The number of hydrogen-bond donors (Lipinski definition) is 4. The van der Waals surface area contributed by atoms with E-state index in [1.807, 2.05) is 42.2 Å². The van der Waals surface area contributed by atoms with Gasteiger partial charge in [-0.1, -0.05) is 67.9 Å². The number of aliphatic hydroxyl groups is 2. The molecule has 0 spiro atoms. The van der Waals surface area contributed by atoms with Gasteiger partial charge >= 0.3 is 6.03 Å². The van der Waals surface area contributed by atoms with Crippen molar-refractivity contribution >= 4 is 22.6 Å². The molecule has 302 valence electrons. The van der Waals surface area contributed by atoms with Crippen LogP contribution in [0.3, 0.4) is 0 Å². The summed E-state index contributed by atoms with van der Waals surface area (Å²) in [4.78, 5) is 25.8. The fraction of sp³-hybridized carbons (Fsp3) is 0.511. The summed E-state index contributed by atoms with van der Waals surface area (Å²) in [7, 11) is 0. The smallest absolute Gasteiger partial charge is 0.318 e. The van der Waals surface area contributed by atoms with E-state index in [4.69, 9.17) is 24.2 Å². The Morgan fingerprint density at radius 2 is 1.84 bits per heavy atom. The molecule has 2 aromatic carbocycles. The van der Waals surface area contributed by atoms with Crippen LogP contribution in [0.4, 0.5) is 4.79 Å². The molecule has 2 heterocycles. The predicted octanol–water partition coefficient (Wildman–Crippen LogP) is 8.01. The van der Waals surface area contributed by atoms with Gasteiger partial charge in [0.1, 0.15) is 30.8 Å². The molecular weight excluding hydrogens is 709 g/mol. The van der Waals surface area contributed by atoms with E-state index < -0.39 is 11.8 Å². The van der Waals surface area contributed by atoms with Crippen molar-refractivity contribution in [2.24, 2.45) is 22.9 Å². The van der Waals surface area contributed by atoms with Gasteiger partial charge in [-0.25, -0.2) is 4.79 Å². The third-order valence-electron chi connectivity index (χ3n) is 11.4. The summed E-state index contributed by atoms with van der Waals surface area (Å²) in [5.41, 5.74) is 4.73. The average molecular weight is 769 g/mol. The van der Waals surface area contributed by atoms with Crippen LogP contribution in [-0.4, -0.2) is 83.2 Å². The topological polar surface area (TPSA) is 138 Å². The van der Waals surface area contributed by atoms with E-state index in [2.05, 4.69) is 54.7 Å². The van der Waals surface area contributed by atoms with Crippen LogP contribution in [0.1, 0.15) is 82.4 Å². The second-order valence-electron chi connectivity index (χ2n) is 15.0. The highest BCUT2D eigenvalue weighted by Gasteiger charge is 2.65. The van der Waals surface area contributed by atoms with Crippen molar-refractivity contribution < 1.29 is 34.1 Å². The molecule has 1 aromatic heterocycles. The van der Waals surface area contributed by atoms with Gasteiger partial charge in [-0.05, 0) is 92.2 Å². The maximum atomic E-state index is 14.6. The zero-order valence-electron chi connectivity index (χ0n) is 33.1. The summed E-state index contributed by atoms with van der Waals surface area (Å²) in [6.07, 6.45) is 11.7. The van der Waals surface area contributed by atoms with Gasteiger partial charge in [0.2, 0.25) is 5.79 Å². The summed E-state index contributed by atoms with van der Waals surface area (Å²) in [5.74, 6) is -0.140. The van der Waals surface area contributed by atoms with Crippen LogP contribution >= 0.6 is 0 Å². The number of amides is 2. The molecule has 0 saturated heterocycles. The number of fused-ring (bicyclic) bond motifs is 3. The van der Waals surface area contributed by atoms with E-state index >= 15 is 0 Å². The van der Waals surface area contributed by atoms with Gasteiger partial charge in [0.15, 0.2) is 0 Å². The third kappa shape index (κ3) is 8.70. The Balaban J connectivity index is 1.51. The fourth-order valence-corrected chi connectivity index (χ4v) is 9.18. The van der Waals surface area contributed by atoms with Crippen molar-refractivity contribution in [3.8, 4) is 11.5 Å². The molecule has 4 N–H and O–H groups in total. The van der Waals surface area contributed by atoms with E-state index in [1.54, 1.807) is 12.2 Å². The quantitative estimate of drug-likeness (QED) is 0.0490. The second-order valence-corrected chi connectivity index (χ2v) is 15.0. The molecule has 0 radical (unpaired) electrons. The van der Waals surface area contributed by atoms with Crippen LogP contribution in [0, 0.1) is 17.8 Å². The highest BCUT2D eigenvalue weighted by atomic mass is 16.7. The number of unbranched alkanes of at least 4 members (excludes halogenated alkanes) is 2. The summed E-state index contributed by atoms with van der Waals surface area (Å²) in [6, 6.07) is 15.3. The summed E-state index contributed by atoms with van der Waals surface area (Å²) in [5, 5.41) is 28.8. The number of carbonyl (C=O) groups is 1. The number of nitrogens with one attached hydrogen (secondary N) is 2. The predicted molar refractivity (Wildman–Crippen MR) is 220 cm³/mol. The average Bonchev–Trinajstić information content (AvgIpc) is 3.64. The molecule has 2 aliphatic carbocycles. The number of aliphatic hydroxyl groups excluding tert-OH is 2. The molecule has 3 aromatic rings. The number of benzene rings is 2. The maximum Gasteiger partial charge on any atom is 0.318 e. The first-order valence-corrected chi connectivity index (χ1v) is 20.5. The lowest BCUT2D eigenvalue weighted by Crippen LogP contribution is -2.70. The standard InChI is InChI=1S/C45H60N4O7/c1-5-21-49(44(52)46-30-33-26-32-16-9-10-18-38(32)47-33)41-29-39(48-55-8-4)36-27-31(15-11-13-22-50)35(17-12-14-23-51)42-37-28-34(53-24-6-2)19-20-40(37)56-45(41,43(36)42)54-25-7-3/h6-7,9-10,16,18-20,26-28,31,35,41-43,47,50-51H,2-3,5,8,11-15,17,21-25,29-30H2,1,4H3,(H,46,52)/t31-,35+,41-,42+,43+,45+/m0/s1. The van der Waals surface area contributed by atoms with Gasteiger partial charge in [0.05, 0.1) is 24.8 Å². The molecule has 11 heteroatoms. The van der Waals surface area contributed by atoms with Gasteiger partial charge in [-0.3, -0.25) is 0 Å². The van der Waals surface area contributed by atoms with Crippen LogP contribution in [-0.2, 0) is 16.1 Å². The Morgan fingerprint density at radius 1 is 1.05 bits per heavy atom. The number of carbonyl (C=O) groups excluding carboxylic acids is 1. The first-order chi connectivity index (χ1) is 27.4. The number of oxime groups is 1. The number of allylic oxidation sites excluding steroid dienone is 1. The number of aromatic nitrogens is 1. The fourth-order valence-electron chi connectivity index (χ4n) is 9.18. The molecule has 0 unspecified atom stereocenters. The Kier molecular flexibility index (Phi) is 14.3. The van der Waals surface area contributed by atoms with Crippen molar-refractivity contribution in [3.05, 3.63) is 96.7 Å². The van der Waals surface area contributed by atoms with Gasteiger partial charge in [-0.2, -0.15) is 0 Å². The number of ether oxygens (including phenoxy) is 3. The SMILES string of the molecule is C=CCOc1ccc2c(c1)[C@H]1[C@H](CCCCO)[C@@H](CCCCO)C=C3C(=NOCC)C[C@H](N(CCC)C(=O)NCc4cc5ccccc5[nH]4)[C@@](OCC=C)(O2)[C@H]31. The van der Waals surface area contributed by atoms with Gasteiger partial charge in [-0.15, -0.1) is 6.58 Å². The summed E-state index contributed by atoms with van der Waals surface area (Å²) in [6.45, 7) is 13.8. The number of H-pyrrole nitrogens is 1. The molecule has 1 fully saturated rings. The van der Waals surface area contributed by atoms with Crippen molar-refractivity contribution in [1.82, 2.24) is 15.2 Å². The van der Waals surface area contributed by atoms with E-state index in [0.29, 0.717) is 63.5 Å². The van der Waals surface area contributed by atoms with Crippen LogP contribution in [0.5, 0.6) is 11.5 Å². The van der Waals surface area contributed by atoms with E-state index in [0.717, 1.165) is 59.1 Å². The van der Waals surface area contributed by atoms with Crippen LogP contribution in [0.2, 0.25) is 0 Å². The molecule has 2 amide bonds. The minimum atomic E-state index is -1.31. The largest absolute Gasteiger partial charge is 0.490 e. The van der Waals surface area contributed by atoms with E-state index in [-0.39, 0.29) is 49.5 Å². The lowest BCUT2D eigenvalue weighted by Gasteiger charge is -2.60. The first kappa shape index (κ1) is 41.1. The second kappa shape index (κ2) is 19.5. The molecular formula is C45H60N4O7. The van der Waals surface area contributed by atoms with Crippen molar-refractivity contribution in [2.75, 3.05) is 39.6 Å². The number of para-hydroxylation sites is 1. The van der Waals surface area contributed by atoms with E-state index in [9.17, 15) is 15.0 Å². The molecule has 0 bridgehead atoms. The molecule has 1 saturated carbocycles. The molecule has 1 aliphatic heterocycles. The number of aromatic amines is 1. The Labute approximate surface area is 331 Å². The third-order valence-corrected chi connectivity index (χ3v) is 11.4. The lowest BCUT2D eigenvalue weighted by atomic mass is 9.55. The van der Waals surface area contributed by atoms with Crippen molar-refractivity contribution in [2.45, 2.75) is 89.5 Å². The zero-order chi connectivity index (χ0) is 39.5. The van der Waals surface area contributed by atoms with Gasteiger partial charge < -0.3 is 44.5 Å². The molecule has 11 nitrogen and oxygen atoms in total. The maximum absolute atomic E-state index is 14.6. The minimum absolute atomic E-state index is 0.121. The Bertz CT molecular complexity index is 1820. The van der Waals surface area contributed by atoms with Crippen LogP contribution < -0.4 is 14.8 Å². The summed E-state index contributed by atoms with van der Waals surface area (Å²) < 4.78 is 20.4. The van der Waals surface area contributed by atoms with Crippen LogP contribution in [0.25, 0.3) is 10.9 Å². The molecule has 3 aliphatic rings. The molecule has 6 rings (SSSR count). The Morgan fingerprint density at radius 3 is 2.57 bits per heavy atom. The number of urea groups is 1. The lowest BCUT2D eigenvalue weighted by molar-refractivity contribution is -0.254. The molecule has 56 heavy (non-hydrogen) atoms. The zero-order valence-corrected chi connectivity index (χ0v) is 33.1. The monoisotopic (exact) mass is 768 g/mol. The molecule has 6 atom stereocenters. The normalized spacial score (nSPS) is 24.4.